The van der Waals surface area contributed by atoms with E-state index in [-0.39, 0.29) is 42.5 Å². The first-order valence-corrected chi connectivity index (χ1v) is 15.4. The van der Waals surface area contributed by atoms with Crippen LogP contribution in [0.25, 0.3) is 10.4 Å². The monoisotopic (exact) mass is 597 g/mol. The topological polar surface area (TPSA) is 124 Å². The molecular formula is C33H47N3O7. The predicted molar refractivity (Wildman–Crippen MR) is 162 cm³/mol. The Kier molecular flexibility index (Phi) is 13.3. The third-order valence-corrected chi connectivity index (χ3v) is 8.89. The van der Waals surface area contributed by atoms with Crippen molar-refractivity contribution < 1.29 is 33.5 Å². The lowest BCUT2D eigenvalue weighted by Gasteiger charge is -2.49. The Labute approximate surface area is 255 Å². The van der Waals surface area contributed by atoms with Gasteiger partial charge in [-0.15, -0.1) is 0 Å². The molecule has 2 fully saturated rings. The van der Waals surface area contributed by atoms with Gasteiger partial charge < -0.3 is 33.5 Å². The molecule has 0 aromatic heterocycles. The van der Waals surface area contributed by atoms with Crippen LogP contribution in [0.5, 0.6) is 0 Å². The molecule has 10 atom stereocenters. The second-order valence-electron chi connectivity index (χ2n) is 11.7. The molecule has 2 aliphatic heterocycles. The number of benzene rings is 2. The molecule has 10 nitrogen and oxygen atoms in total. The van der Waals surface area contributed by atoms with Crippen LogP contribution >= 0.6 is 0 Å². The van der Waals surface area contributed by atoms with Crippen molar-refractivity contribution in [2.45, 2.75) is 84.3 Å². The zero-order valence-corrected chi connectivity index (χ0v) is 25.7. The minimum atomic E-state index is -0.745. The van der Waals surface area contributed by atoms with Crippen LogP contribution in [0.15, 0.2) is 65.8 Å². The first-order valence-electron chi connectivity index (χ1n) is 15.4. The van der Waals surface area contributed by atoms with E-state index >= 15 is 0 Å². The molecule has 10 heteroatoms. The van der Waals surface area contributed by atoms with Crippen LogP contribution < -0.4 is 0 Å². The number of nitrogens with zero attached hydrogens (tertiary/aromatic N) is 3. The lowest BCUT2D eigenvalue weighted by atomic mass is 9.79. The van der Waals surface area contributed by atoms with Gasteiger partial charge >= 0.3 is 0 Å². The minimum Gasteiger partial charge on any atom is -0.394 e. The van der Waals surface area contributed by atoms with Crippen LogP contribution in [-0.4, -0.2) is 68.5 Å². The molecule has 4 unspecified atom stereocenters. The van der Waals surface area contributed by atoms with E-state index in [9.17, 15) is 5.11 Å². The van der Waals surface area contributed by atoms with Gasteiger partial charge in [0.15, 0.2) is 12.6 Å². The lowest BCUT2D eigenvalue weighted by molar-refractivity contribution is -0.345. The smallest absolute Gasteiger partial charge is 0.186 e. The van der Waals surface area contributed by atoms with Crippen LogP contribution in [0.3, 0.4) is 0 Å². The molecule has 2 aromatic carbocycles. The summed E-state index contributed by atoms with van der Waals surface area (Å²) in [6, 6.07) is 20.0. The molecule has 1 N–H and O–H groups in total. The average Bonchev–Trinajstić information content (AvgIpc) is 3.03. The summed E-state index contributed by atoms with van der Waals surface area (Å²) in [4.78, 5) is 2.83. The molecule has 2 aromatic rings. The number of hydrogen-bond donors (Lipinski definition) is 1. The molecule has 2 saturated heterocycles. The summed E-state index contributed by atoms with van der Waals surface area (Å²) >= 11 is 0. The van der Waals surface area contributed by atoms with E-state index in [0.29, 0.717) is 39.4 Å². The van der Waals surface area contributed by atoms with Crippen LogP contribution in [0.1, 0.15) is 45.2 Å². The third kappa shape index (κ3) is 9.23. The van der Waals surface area contributed by atoms with Gasteiger partial charge in [0, 0.05) is 29.9 Å². The van der Waals surface area contributed by atoms with Gasteiger partial charge in [0.2, 0.25) is 0 Å². The molecule has 236 valence electrons. The van der Waals surface area contributed by atoms with E-state index in [4.69, 9.17) is 34.0 Å². The summed E-state index contributed by atoms with van der Waals surface area (Å²) < 4.78 is 38.6. The Balaban J connectivity index is 1.56. The van der Waals surface area contributed by atoms with Gasteiger partial charge in [-0.05, 0) is 34.9 Å². The Morgan fingerprint density at radius 3 is 2.07 bits per heavy atom. The zero-order chi connectivity index (χ0) is 30.6. The van der Waals surface area contributed by atoms with Crippen molar-refractivity contribution >= 4 is 0 Å². The second kappa shape index (κ2) is 17.1. The van der Waals surface area contributed by atoms with Gasteiger partial charge in [-0.2, -0.15) is 0 Å². The minimum absolute atomic E-state index is 0.0672. The van der Waals surface area contributed by atoms with Gasteiger partial charge in [-0.1, -0.05) is 93.5 Å². The number of aliphatic hydroxyl groups excluding tert-OH is 1. The van der Waals surface area contributed by atoms with Crippen molar-refractivity contribution in [1.82, 2.24) is 0 Å². The molecule has 0 radical (unpaired) electrons. The summed E-state index contributed by atoms with van der Waals surface area (Å²) in [5.74, 6) is 0.451. The highest BCUT2D eigenvalue weighted by atomic mass is 16.7. The maximum Gasteiger partial charge on any atom is 0.186 e. The normalized spacial score (nSPS) is 32.7. The summed E-state index contributed by atoms with van der Waals surface area (Å²) in [6.07, 6.45) is -2.40. The molecule has 0 aliphatic carbocycles. The van der Waals surface area contributed by atoms with E-state index in [1.807, 2.05) is 60.7 Å². The Hall–Kier alpha value is -2.53. The fraction of sp³-hybridized carbons (Fsp3) is 0.636. The van der Waals surface area contributed by atoms with Crippen molar-refractivity contribution in [3.05, 3.63) is 82.2 Å². The SMILES string of the molecule is CC1[C@H](O[C@@H]2C(OCc3ccccc3)[C@H](OCCCN=[N+]=[N-])OC(COCc3ccccc3)[C@@H]2C)OC(CO)[C@@H](C)[C@@H]1C. The molecule has 2 heterocycles. The van der Waals surface area contributed by atoms with E-state index in [2.05, 4.69) is 37.7 Å². The van der Waals surface area contributed by atoms with Gasteiger partial charge in [0.25, 0.3) is 0 Å². The van der Waals surface area contributed by atoms with Crippen molar-refractivity contribution in [2.24, 2.45) is 28.8 Å². The Morgan fingerprint density at radius 2 is 1.42 bits per heavy atom. The van der Waals surface area contributed by atoms with Gasteiger partial charge in [0.1, 0.15) is 6.10 Å². The quantitative estimate of drug-likeness (QED) is 0.118. The van der Waals surface area contributed by atoms with Gasteiger partial charge in [-0.3, -0.25) is 0 Å². The van der Waals surface area contributed by atoms with Crippen LogP contribution in [0, 0.1) is 23.7 Å². The largest absolute Gasteiger partial charge is 0.394 e. The number of ether oxygens (including phenoxy) is 6. The van der Waals surface area contributed by atoms with E-state index < -0.39 is 24.8 Å². The highest BCUT2D eigenvalue weighted by Crippen LogP contribution is 2.39. The van der Waals surface area contributed by atoms with E-state index in [1.165, 1.54) is 0 Å². The molecule has 0 bridgehead atoms. The van der Waals surface area contributed by atoms with Crippen LogP contribution in [0.4, 0.5) is 0 Å². The fourth-order valence-corrected chi connectivity index (χ4v) is 5.76. The molecule has 0 amide bonds. The van der Waals surface area contributed by atoms with Gasteiger partial charge in [-0.25, -0.2) is 0 Å². The molecule has 0 spiro atoms. The summed E-state index contributed by atoms with van der Waals surface area (Å²) in [5, 5.41) is 13.7. The fourth-order valence-electron chi connectivity index (χ4n) is 5.76. The summed E-state index contributed by atoms with van der Waals surface area (Å²) in [6.45, 7) is 10.2. The Morgan fingerprint density at radius 1 is 0.767 bits per heavy atom. The highest BCUT2D eigenvalue weighted by Gasteiger charge is 2.49. The van der Waals surface area contributed by atoms with E-state index in [0.717, 1.165) is 11.1 Å². The number of aliphatic hydroxyl groups is 1. The first-order chi connectivity index (χ1) is 20.9. The number of azide groups is 1. The summed E-state index contributed by atoms with van der Waals surface area (Å²) in [5.41, 5.74) is 10.8. The molecule has 43 heavy (non-hydrogen) atoms. The lowest BCUT2D eigenvalue weighted by Crippen LogP contribution is -2.60. The third-order valence-electron chi connectivity index (χ3n) is 8.89. The van der Waals surface area contributed by atoms with Crippen LogP contribution in [0.2, 0.25) is 0 Å². The molecule has 2 aliphatic rings. The Bertz CT molecular complexity index is 1120. The van der Waals surface area contributed by atoms with Gasteiger partial charge in [0.05, 0.1) is 44.7 Å². The van der Waals surface area contributed by atoms with Crippen molar-refractivity contribution in [1.29, 1.82) is 0 Å². The number of hydrogen-bond acceptors (Lipinski definition) is 8. The maximum absolute atomic E-state index is 10.0. The van der Waals surface area contributed by atoms with E-state index in [1.54, 1.807) is 0 Å². The predicted octanol–water partition coefficient (Wildman–Crippen LogP) is 5.88. The summed E-state index contributed by atoms with van der Waals surface area (Å²) in [7, 11) is 0. The van der Waals surface area contributed by atoms with Crippen LogP contribution in [-0.2, 0) is 41.6 Å². The maximum atomic E-state index is 10.0. The zero-order valence-electron chi connectivity index (χ0n) is 25.7. The second-order valence-corrected chi connectivity index (χ2v) is 11.7. The van der Waals surface area contributed by atoms with Crippen molar-refractivity contribution in [3.63, 3.8) is 0 Å². The number of rotatable bonds is 15. The molecule has 4 rings (SSSR count). The molecular weight excluding hydrogens is 550 g/mol. The standard InChI is InChI=1S/C33H47N3O7/c1-22-23(2)28(18-37)41-32(24(22)3)43-30-25(4)29(21-38-19-26-12-7-5-8-13-26)42-33(39-17-11-16-35-36-34)31(30)40-20-27-14-9-6-10-15-27/h5-10,12-15,22-25,28-33,37H,11,16-21H2,1-4H3/t22-,23-,24?,25-,28?,29?,30-,31?,32-,33+/m0/s1. The molecule has 0 saturated carbocycles. The highest BCUT2D eigenvalue weighted by molar-refractivity contribution is 5.14. The van der Waals surface area contributed by atoms with Crippen molar-refractivity contribution in [3.8, 4) is 0 Å². The average molecular weight is 598 g/mol. The first kappa shape index (κ1) is 33.4. The van der Waals surface area contributed by atoms with Crippen molar-refractivity contribution in [2.75, 3.05) is 26.4 Å².